The van der Waals surface area contributed by atoms with E-state index in [9.17, 15) is 9.90 Å². The highest BCUT2D eigenvalue weighted by Crippen LogP contribution is 2.31. The standard InChI is InChI=1S/C32H41NO5/c1-5-29-28(33-30(38-29)26-16-14-25(15-17-26)22(2)3)21-36-27-13-9-12-24(18-27)20-37-32(4,31(34)35)19-23-10-7-6-8-11-23/h6-8,10-11,14-17,22,24,27H,5,9,12-13,18-21H2,1-4H3,(H,34,35)/t24-,27+,32?/m1/s1. The van der Waals surface area contributed by atoms with Crippen LogP contribution >= 0.6 is 0 Å². The van der Waals surface area contributed by atoms with E-state index >= 15 is 0 Å². The predicted octanol–water partition coefficient (Wildman–Crippen LogP) is 7.21. The summed E-state index contributed by atoms with van der Waals surface area (Å²) in [6.07, 6.45) is 5.08. The zero-order valence-corrected chi connectivity index (χ0v) is 23.1. The molecule has 0 saturated heterocycles. The van der Waals surface area contributed by atoms with Crippen LogP contribution < -0.4 is 0 Å². The molecule has 0 bridgehead atoms. The van der Waals surface area contributed by atoms with Gasteiger partial charge in [-0.15, -0.1) is 0 Å². The van der Waals surface area contributed by atoms with Crippen LogP contribution in [0.1, 0.15) is 81.9 Å². The monoisotopic (exact) mass is 519 g/mol. The van der Waals surface area contributed by atoms with E-state index in [1.807, 2.05) is 30.3 Å². The molecule has 3 aromatic rings. The van der Waals surface area contributed by atoms with Crippen LogP contribution in [-0.2, 0) is 33.7 Å². The van der Waals surface area contributed by atoms with Crippen molar-refractivity contribution in [3.8, 4) is 11.5 Å². The minimum Gasteiger partial charge on any atom is -0.479 e. The number of carboxylic acids is 1. The molecule has 2 aromatic carbocycles. The van der Waals surface area contributed by atoms with Crippen molar-refractivity contribution in [2.45, 2.75) is 90.4 Å². The lowest BCUT2D eigenvalue weighted by atomic mass is 9.87. The van der Waals surface area contributed by atoms with Gasteiger partial charge in [-0.05, 0) is 61.3 Å². The van der Waals surface area contributed by atoms with Gasteiger partial charge in [-0.1, -0.05) is 69.7 Å². The number of rotatable bonds is 12. The van der Waals surface area contributed by atoms with E-state index in [4.69, 9.17) is 18.9 Å². The van der Waals surface area contributed by atoms with Crippen LogP contribution in [0.3, 0.4) is 0 Å². The molecule has 1 heterocycles. The number of oxazole rings is 1. The van der Waals surface area contributed by atoms with E-state index in [1.165, 1.54) is 5.56 Å². The van der Waals surface area contributed by atoms with Gasteiger partial charge in [0.2, 0.25) is 5.89 Å². The van der Waals surface area contributed by atoms with Crippen LogP contribution in [-0.4, -0.2) is 34.4 Å². The largest absolute Gasteiger partial charge is 0.479 e. The number of hydrogen-bond acceptors (Lipinski definition) is 5. The highest BCUT2D eigenvalue weighted by Gasteiger charge is 2.36. The first-order chi connectivity index (χ1) is 18.3. The third-order valence-corrected chi connectivity index (χ3v) is 7.59. The smallest absolute Gasteiger partial charge is 0.336 e. The van der Waals surface area contributed by atoms with Gasteiger partial charge in [0.05, 0.1) is 19.3 Å². The molecule has 6 heteroatoms. The maximum atomic E-state index is 12.1. The number of aliphatic carboxylic acids is 1. The molecule has 204 valence electrons. The van der Waals surface area contributed by atoms with Crippen molar-refractivity contribution in [3.63, 3.8) is 0 Å². The van der Waals surface area contributed by atoms with Crippen LogP contribution in [0.4, 0.5) is 0 Å². The van der Waals surface area contributed by atoms with Gasteiger partial charge in [0.25, 0.3) is 0 Å². The topological polar surface area (TPSA) is 81.8 Å². The van der Waals surface area contributed by atoms with Crippen LogP contribution in [0.2, 0.25) is 0 Å². The number of benzene rings is 2. The predicted molar refractivity (Wildman–Crippen MR) is 148 cm³/mol. The molecule has 0 spiro atoms. The summed E-state index contributed by atoms with van der Waals surface area (Å²) in [6, 6.07) is 18.1. The second-order valence-corrected chi connectivity index (χ2v) is 11.0. The normalized spacial score (nSPS) is 19.4. The Bertz CT molecular complexity index is 1170. The van der Waals surface area contributed by atoms with E-state index in [0.29, 0.717) is 31.4 Å². The maximum Gasteiger partial charge on any atom is 0.336 e. The van der Waals surface area contributed by atoms with Gasteiger partial charge in [0, 0.05) is 18.4 Å². The molecule has 1 aliphatic carbocycles. The Balaban J connectivity index is 1.33. The number of carboxylic acid groups (broad SMARTS) is 1. The quantitative estimate of drug-likeness (QED) is 0.272. The van der Waals surface area contributed by atoms with Crippen molar-refractivity contribution >= 4 is 5.97 Å². The molecule has 1 fully saturated rings. The lowest BCUT2D eigenvalue weighted by Gasteiger charge is -2.32. The van der Waals surface area contributed by atoms with Gasteiger partial charge in [0.1, 0.15) is 11.5 Å². The van der Waals surface area contributed by atoms with Crippen molar-refractivity contribution < 1.29 is 23.8 Å². The molecular formula is C32H41NO5. The van der Waals surface area contributed by atoms with Gasteiger partial charge >= 0.3 is 5.97 Å². The Labute approximate surface area is 226 Å². The van der Waals surface area contributed by atoms with Crippen molar-refractivity contribution in [1.82, 2.24) is 4.98 Å². The Morgan fingerprint density at radius 1 is 1.13 bits per heavy atom. The summed E-state index contributed by atoms with van der Waals surface area (Å²) in [5.41, 5.74) is 2.82. The maximum absolute atomic E-state index is 12.1. The van der Waals surface area contributed by atoms with Gasteiger partial charge in [0.15, 0.2) is 5.60 Å². The lowest BCUT2D eigenvalue weighted by molar-refractivity contribution is -0.166. The first kappa shape index (κ1) is 28.1. The fourth-order valence-corrected chi connectivity index (χ4v) is 5.12. The van der Waals surface area contributed by atoms with Crippen LogP contribution in [0.25, 0.3) is 11.5 Å². The Hall–Kier alpha value is -2.96. The summed E-state index contributed by atoms with van der Waals surface area (Å²) in [4.78, 5) is 16.8. The van der Waals surface area contributed by atoms with Crippen molar-refractivity contribution in [2.75, 3.05) is 6.61 Å². The third kappa shape index (κ3) is 7.12. The van der Waals surface area contributed by atoms with E-state index in [2.05, 4.69) is 45.0 Å². The lowest BCUT2D eigenvalue weighted by Crippen LogP contribution is -2.42. The molecule has 0 aliphatic heterocycles. The summed E-state index contributed by atoms with van der Waals surface area (Å²) < 4.78 is 18.5. The zero-order chi connectivity index (χ0) is 27.1. The number of ether oxygens (including phenoxy) is 2. The fraction of sp³-hybridized carbons (Fsp3) is 0.500. The highest BCUT2D eigenvalue weighted by atomic mass is 16.5. The SMILES string of the molecule is CCc1oc(-c2ccc(C(C)C)cc2)nc1CO[C@H]1CCC[C@@H](COC(C)(Cc2ccccc2)C(=O)O)C1. The highest BCUT2D eigenvalue weighted by molar-refractivity contribution is 5.77. The number of nitrogens with zero attached hydrogens (tertiary/aromatic N) is 1. The minimum atomic E-state index is -1.25. The molecule has 4 rings (SSSR count). The Morgan fingerprint density at radius 3 is 2.53 bits per heavy atom. The molecule has 0 amide bonds. The second kappa shape index (κ2) is 12.7. The zero-order valence-electron chi connectivity index (χ0n) is 23.1. The van der Waals surface area contributed by atoms with Crippen molar-refractivity contribution in [3.05, 3.63) is 77.2 Å². The fourth-order valence-electron chi connectivity index (χ4n) is 5.12. The average Bonchev–Trinajstić information content (AvgIpc) is 3.35. The molecular weight excluding hydrogens is 478 g/mol. The first-order valence-corrected chi connectivity index (χ1v) is 13.9. The van der Waals surface area contributed by atoms with Crippen LogP contribution in [0.5, 0.6) is 0 Å². The number of carbonyl (C=O) groups is 1. The van der Waals surface area contributed by atoms with Crippen molar-refractivity contribution in [2.24, 2.45) is 5.92 Å². The number of hydrogen-bond donors (Lipinski definition) is 1. The molecule has 1 N–H and O–H groups in total. The molecule has 3 atom stereocenters. The number of aromatic nitrogens is 1. The van der Waals surface area contributed by atoms with E-state index in [0.717, 1.165) is 54.7 Å². The molecule has 38 heavy (non-hydrogen) atoms. The summed E-state index contributed by atoms with van der Waals surface area (Å²) in [6.45, 7) is 8.93. The second-order valence-electron chi connectivity index (χ2n) is 11.0. The Morgan fingerprint density at radius 2 is 1.87 bits per heavy atom. The molecule has 1 unspecified atom stereocenters. The van der Waals surface area contributed by atoms with E-state index in [1.54, 1.807) is 6.92 Å². The molecule has 0 radical (unpaired) electrons. The van der Waals surface area contributed by atoms with Gasteiger partial charge in [-0.3, -0.25) is 0 Å². The average molecular weight is 520 g/mol. The summed E-state index contributed by atoms with van der Waals surface area (Å²) in [7, 11) is 0. The van der Waals surface area contributed by atoms with Crippen molar-refractivity contribution in [1.29, 1.82) is 0 Å². The van der Waals surface area contributed by atoms with E-state index < -0.39 is 11.6 Å². The molecule has 1 aromatic heterocycles. The van der Waals surface area contributed by atoms with Gasteiger partial charge in [-0.25, -0.2) is 9.78 Å². The van der Waals surface area contributed by atoms with Gasteiger partial charge < -0.3 is 19.0 Å². The molecule has 6 nitrogen and oxygen atoms in total. The molecule has 1 aliphatic rings. The summed E-state index contributed by atoms with van der Waals surface area (Å²) in [5, 5.41) is 9.89. The Kier molecular flexibility index (Phi) is 9.40. The van der Waals surface area contributed by atoms with Crippen LogP contribution in [0, 0.1) is 5.92 Å². The summed E-state index contributed by atoms with van der Waals surface area (Å²) in [5.74, 6) is 1.31. The first-order valence-electron chi connectivity index (χ1n) is 13.9. The number of aryl methyl sites for hydroxylation is 1. The van der Waals surface area contributed by atoms with E-state index in [-0.39, 0.29) is 12.0 Å². The van der Waals surface area contributed by atoms with Crippen LogP contribution in [0.15, 0.2) is 59.0 Å². The third-order valence-electron chi connectivity index (χ3n) is 7.59. The van der Waals surface area contributed by atoms with Gasteiger partial charge in [-0.2, -0.15) is 0 Å². The summed E-state index contributed by atoms with van der Waals surface area (Å²) >= 11 is 0. The molecule has 1 saturated carbocycles. The minimum absolute atomic E-state index is 0.0951.